The first kappa shape index (κ1) is 10.6. The average Bonchev–Trinajstić information content (AvgIpc) is 2.84. The molecule has 2 aromatic rings. The van der Waals surface area contributed by atoms with Crippen LogP contribution in [0.25, 0.3) is 11.2 Å². The number of fused-ring (bicyclic) bond motifs is 1. The van der Waals surface area contributed by atoms with E-state index >= 15 is 0 Å². The standard InChI is InChI=1S/C9H11N5O2S/c1-9(10-2-3-17-9)7-11-4-5(12-7)13-8(16)14-6(4)15/h10H,2-3H2,1H3,(H3,11,12,13,14,15,16). The van der Waals surface area contributed by atoms with Crippen molar-refractivity contribution in [3.63, 3.8) is 0 Å². The molecule has 1 aliphatic heterocycles. The zero-order valence-electron chi connectivity index (χ0n) is 9.09. The van der Waals surface area contributed by atoms with Gasteiger partial charge < -0.3 is 4.98 Å². The Morgan fingerprint density at radius 2 is 2.12 bits per heavy atom. The van der Waals surface area contributed by atoms with Crippen LogP contribution < -0.4 is 16.6 Å². The van der Waals surface area contributed by atoms with Crippen LogP contribution in [-0.4, -0.2) is 32.2 Å². The van der Waals surface area contributed by atoms with E-state index in [0.29, 0.717) is 17.0 Å². The van der Waals surface area contributed by atoms with Gasteiger partial charge in [-0.2, -0.15) is 0 Å². The van der Waals surface area contributed by atoms with Crippen molar-refractivity contribution in [3.05, 3.63) is 26.7 Å². The Hall–Kier alpha value is -1.54. The van der Waals surface area contributed by atoms with Crippen LogP contribution in [-0.2, 0) is 4.87 Å². The van der Waals surface area contributed by atoms with Gasteiger partial charge in [0.2, 0.25) is 0 Å². The van der Waals surface area contributed by atoms with Gasteiger partial charge in [-0.15, -0.1) is 11.8 Å². The monoisotopic (exact) mass is 253 g/mol. The molecule has 4 N–H and O–H groups in total. The lowest BCUT2D eigenvalue weighted by Gasteiger charge is -2.19. The van der Waals surface area contributed by atoms with Crippen LogP contribution in [0.1, 0.15) is 12.7 Å². The zero-order chi connectivity index (χ0) is 12.0. The van der Waals surface area contributed by atoms with Crippen molar-refractivity contribution in [1.29, 1.82) is 0 Å². The summed E-state index contributed by atoms with van der Waals surface area (Å²) in [6.45, 7) is 2.89. The van der Waals surface area contributed by atoms with E-state index in [1.807, 2.05) is 6.92 Å². The first-order chi connectivity index (χ1) is 8.08. The molecule has 0 aromatic carbocycles. The minimum Gasteiger partial charge on any atom is -0.334 e. The molecule has 1 unspecified atom stereocenters. The van der Waals surface area contributed by atoms with Crippen LogP contribution in [0.4, 0.5) is 0 Å². The number of hydrogen-bond donors (Lipinski definition) is 4. The third kappa shape index (κ3) is 1.60. The van der Waals surface area contributed by atoms with Gasteiger partial charge in [0.15, 0.2) is 5.65 Å². The second kappa shape index (κ2) is 3.47. The van der Waals surface area contributed by atoms with Crippen LogP contribution in [0, 0.1) is 0 Å². The molecule has 0 bridgehead atoms. The van der Waals surface area contributed by atoms with E-state index in [0.717, 1.165) is 12.3 Å². The highest BCUT2D eigenvalue weighted by molar-refractivity contribution is 8.00. The van der Waals surface area contributed by atoms with Gasteiger partial charge in [-0.1, -0.05) is 0 Å². The summed E-state index contributed by atoms with van der Waals surface area (Å²) in [5.41, 5.74) is -0.397. The summed E-state index contributed by atoms with van der Waals surface area (Å²) in [5, 5.41) is 3.31. The van der Waals surface area contributed by atoms with Gasteiger partial charge >= 0.3 is 5.69 Å². The molecule has 1 fully saturated rings. The molecule has 1 atom stereocenters. The van der Waals surface area contributed by atoms with Gasteiger partial charge in [-0.05, 0) is 6.92 Å². The normalized spacial score (nSPS) is 24.5. The Labute approximate surface area is 99.4 Å². The Morgan fingerprint density at radius 3 is 2.82 bits per heavy atom. The van der Waals surface area contributed by atoms with Crippen LogP contribution in [0.2, 0.25) is 0 Å². The largest absolute Gasteiger partial charge is 0.334 e. The van der Waals surface area contributed by atoms with Crippen molar-refractivity contribution >= 4 is 22.9 Å². The van der Waals surface area contributed by atoms with Crippen LogP contribution in [0.3, 0.4) is 0 Å². The second-order valence-corrected chi connectivity index (χ2v) is 5.54. The van der Waals surface area contributed by atoms with Crippen molar-refractivity contribution < 1.29 is 0 Å². The fraction of sp³-hybridized carbons (Fsp3) is 0.444. The topological polar surface area (TPSA) is 106 Å². The lowest BCUT2D eigenvalue weighted by molar-refractivity contribution is 0.548. The van der Waals surface area contributed by atoms with Gasteiger partial charge in [-0.25, -0.2) is 9.78 Å². The highest BCUT2D eigenvalue weighted by Gasteiger charge is 2.34. The first-order valence-electron chi connectivity index (χ1n) is 5.20. The Kier molecular flexibility index (Phi) is 2.17. The van der Waals surface area contributed by atoms with Gasteiger partial charge in [0.05, 0.1) is 0 Å². The quantitative estimate of drug-likeness (QED) is 0.545. The molecule has 7 nitrogen and oxygen atoms in total. The van der Waals surface area contributed by atoms with Crippen LogP contribution >= 0.6 is 11.8 Å². The predicted molar refractivity (Wildman–Crippen MR) is 65.1 cm³/mol. The van der Waals surface area contributed by atoms with Gasteiger partial charge in [-0.3, -0.25) is 20.1 Å². The third-order valence-corrected chi connectivity index (χ3v) is 4.12. The van der Waals surface area contributed by atoms with E-state index in [1.54, 1.807) is 11.8 Å². The minimum atomic E-state index is -0.544. The molecule has 8 heteroatoms. The molecule has 0 radical (unpaired) electrons. The molecule has 0 amide bonds. The predicted octanol–water partition coefficient (Wildman–Crippen LogP) is -0.551. The number of nitrogens with zero attached hydrogens (tertiary/aromatic N) is 1. The number of aromatic nitrogens is 4. The van der Waals surface area contributed by atoms with E-state index < -0.39 is 11.2 Å². The molecule has 0 spiro atoms. The minimum absolute atomic E-state index is 0.296. The smallest absolute Gasteiger partial charge is 0.327 e. The summed E-state index contributed by atoms with van der Waals surface area (Å²) >= 11 is 1.71. The average molecular weight is 253 g/mol. The maximum atomic E-state index is 11.6. The van der Waals surface area contributed by atoms with Crippen molar-refractivity contribution in [2.45, 2.75) is 11.8 Å². The number of nitrogens with one attached hydrogen (secondary N) is 4. The highest BCUT2D eigenvalue weighted by Crippen LogP contribution is 2.35. The molecule has 17 heavy (non-hydrogen) atoms. The number of aromatic amines is 3. The number of hydrogen-bond acceptors (Lipinski definition) is 5. The van der Waals surface area contributed by atoms with Gasteiger partial charge in [0, 0.05) is 12.3 Å². The summed E-state index contributed by atoms with van der Waals surface area (Å²) < 4.78 is 0. The summed E-state index contributed by atoms with van der Waals surface area (Å²) in [5.74, 6) is 1.64. The molecule has 1 aliphatic rings. The highest BCUT2D eigenvalue weighted by atomic mass is 32.2. The van der Waals surface area contributed by atoms with Crippen LogP contribution in [0.15, 0.2) is 9.59 Å². The Morgan fingerprint density at radius 1 is 1.29 bits per heavy atom. The first-order valence-corrected chi connectivity index (χ1v) is 6.19. The van der Waals surface area contributed by atoms with Crippen molar-refractivity contribution in [3.8, 4) is 0 Å². The second-order valence-electron chi connectivity index (χ2n) is 4.03. The van der Waals surface area contributed by atoms with E-state index in [-0.39, 0.29) is 4.87 Å². The fourth-order valence-corrected chi connectivity index (χ4v) is 2.96. The Bertz CT molecular complexity index is 678. The summed E-state index contributed by atoms with van der Waals surface area (Å²) in [6.07, 6.45) is 0. The summed E-state index contributed by atoms with van der Waals surface area (Å²) in [7, 11) is 0. The molecular formula is C9H11N5O2S. The number of H-pyrrole nitrogens is 3. The van der Waals surface area contributed by atoms with Crippen molar-refractivity contribution in [2.24, 2.45) is 0 Å². The summed E-state index contributed by atoms with van der Waals surface area (Å²) in [4.78, 5) is 34.3. The maximum Gasteiger partial charge on any atom is 0.327 e. The number of imidazole rings is 1. The van der Waals surface area contributed by atoms with E-state index in [9.17, 15) is 9.59 Å². The lowest BCUT2D eigenvalue weighted by Crippen LogP contribution is -2.32. The summed E-state index contributed by atoms with van der Waals surface area (Å²) in [6, 6.07) is 0. The molecule has 3 rings (SSSR count). The molecule has 3 heterocycles. The number of rotatable bonds is 1. The van der Waals surface area contributed by atoms with Crippen molar-refractivity contribution in [1.82, 2.24) is 25.3 Å². The zero-order valence-corrected chi connectivity index (χ0v) is 9.90. The molecule has 90 valence electrons. The van der Waals surface area contributed by atoms with Crippen LogP contribution in [0.5, 0.6) is 0 Å². The number of thioether (sulfide) groups is 1. The van der Waals surface area contributed by atoms with E-state index in [1.165, 1.54) is 0 Å². The Balaban J connectivity index is 2.23. The fourth-order valence-electron chi connectivity index (χ4n) is 1.91. The maximum absolute atomic E-state index is 11.6. The SMILES string of the molecule is CC1(c2nc3[nH]c(=O)[nH]c(=O)c3[nH]2)NCCS1. The van der Waals surface area contributed by atoms with E-state index in [4.69, 9.17) is 0 Å². The molecule has 2 aromatic heterocycles. The molecule has 0 aliphatic carbocycles. The lowest BCUT2D eigenvalue weighted by atomic mass is 10.3. The van der Waals surface area contributed by atoms with Gasteiger partial charge in [0.25, 0.3) is 5.56 Å². The van der Waals surface area contributed by atoms with Crippen molar-refractivity contribution in [2.75, 3.05) is 12.3 Å². The molecule has 0 saturated carbocycles. The third-order valence-electron chi connectivity index (χ3n) is 2.80. The van der Waals surface area contributed by atoms with E-state index in [2.05, 4.69) is 25.3 Å². The molecule has 1 saturated heterocycles. The molecular weight excluding hydrogens is 242 g/mol. The van der Waals surface area contributed by atoms with Gasteiger partial charge in [0.1, 0.15) is 16.2 Å².